The average molecular weight is 309 g/mol. The highest BCUT2D eigenvalue weighted by Crippen LogP contribution is 2.26. The van der Waals surface area contributed by atoms with Gasteiger partial charge in [-0.1, -0.05) is 21.0 Å². The van der Waals surface area contributed by atoms with Gasteiger partial charge in [0.2, 0.25) is 0 Å². The molecule has 0 spiro atoms. The molecule has 0 aliphatic heterocycles. The highest BCUT2D eigenvalue weighted by Gasteiger charge is 2.08. The molecule has 0 radical (unpaired) electrons. The van der Waals surface area contributed by atoms with Gasteiger partial charge in [0.15, 0.2) is 0 Å². The van der Waals surface area contributed by atoms with E-state index in [0.717, 1.165) is 21.4 Å². The van der Waals surface area contributed by atoms with E-state index in [9.17, 15) is 0 Å². The first kappa shape index (κ1) is 12.9. The third kappa shape index (κ3) is 2.83. The van der Waals surface area contributed by atoms with Crippen molar-refractivity contribution in [1.82, 2.24) is 15.2 Å². The lowest BCUT2D eigenvalue weighted by molar-refractivity contribution is 0.425. The second-order valence-corrected chi connectivity index (χ2v) is 4.74. The molecule has 1 heterocycles. The van der Waals surface area contributed by atoms with E-state index in [1.54, 1.807) is 0 Å². The second-order valence-electron chi connectivity index (χ2n) is 3.82. The van der Waals surface area contributed by atoms with Crippen LogP contribution in [0.25, 0.3) is 0 Å². The van der Waals surface area contributed by atoms with Crippen molar-refractivity contribution < 1.29 is 4.74 Å². The Labute approximate surface area is 114 Å². The minimum atomic E-state index is 0.232. The van der Waals surface area contributed by atoms with Gasteiger partial charge in [-0.15, -0.1) is 5.10 Å². The van der Waals surface area contributed by atoms with E-state index in [1.165, 1.54) is 0 Å². The highest BCUT2D eigenvalue weighted by atomic mass is 79.9. The molecule has 0 fully saturated rings. The van der Waals surface area contributed by atoms with E-state index >= 15 is 0 Å². The summed E-state index contributed by atoms with van der Waals surface area (Å²) in [6.07, 6.45) is 0. The quantitative estimate of drug-likeness (QED) is 0.943. The van der Waals surface area contributed by atoms with Crippen molar-refractivity contribution in [2.45, 2.75) is 20.4 Å². The third-order valence-electron chi connectivity index (χ3n) is 2.52. The Bertz CT molecular complexity index is 574. The maximum absolute atomic E-state index is 5.67. The Balaban J connectivity index is 2.30. The maximum Gasteiger partial charge on any atom is 0.341 e. The van der Waals surface area contributed by atoms with Crippen LogP contribution in [0.3, 0.4) is 0 Å². The van der Waals surface area contributed by atoms with Crippen LogP contribution in [0.2, 0.25) is 0 Å². The van der Waals surface area contributed by atoms with Crippen LogP contribution in [0.15, 0.2) is 22.7 Å². The molecule has 1 aromatic heterocycles. The van der Waals surface area contributed by atoms with Crippen molar-refractivity contribution in [1.29, 1.82) is 0 Å². The molecule has 94 valence electrons. The number of benzene rings is 1. The van der Waals surface area contributed by atoms with Crippen molar-refractivity contribution >= 4 is 15.9 Å². The van der Waals surface area contributed by atoms with Crippen molar-refractivity contribution in [3.8, 4) is 11.8 Å². The lowest BCUT2D eigenvalue weighted by atomic mass is 10.2. The van der Waals surface area contributed by atoms with Crippen LogP contribution in [0, 0.1) is 13.8 Å². The second kappa shape index (κ2) is 5.41. The fourth-order valence-electron chi connectivity index (χ4n) is 1.39. The maximum atomic E-state index is 5.67. The molecule has 0 bridgehead atoms. The van der Waals surface area contributed by atoms with Crippen LogP contribution < -0.4 is 10.5 Å². The van der Waals surface area contributed by atoms with E-state index < -0.39 is 0 Å². The summed E-state index contributed by atoms with van der Waals surface area (Å²) >= 11 is 3.39. The lowest BCUT2D eigenvalue weighted by Gasteiger charge is -2.09. The van der Waals surface area contributed by atoms with Gasteiger partial charge in [0.05, 0.1) is 11.4 Å². The van der Waals surface area contributed by atoms with Gasteiger partial charge in [-0.2, -0.15) is 4.98 Å². The SMILES string of the molecule is Cc1nnc(Oc2ccc(Br)cc2CN)nc1C. The average Bonchev–Trinajstić information content (AvgIpc) is 2.36. The molecule has 0 aliphatic carbocycles. The fraction of sp³-hybridized carbons (Fsp3) is 0.250. The molecule has 0 unspecified atom stereocenters. The molecule has 2 N–H and O–H groups in total. The van der Waals surface area contributed by atoms with Crippen LogP contribution in [0.5, 0.6) is 11.8 Å². The molecule has 0 amide bonds. The number of hydrogen-bond acceptors (Lipinski definition) is 5. The number of nitrogens with zero attached hydrogens (tertiary/aromatic N) is 3. The molecule has 5 nitrogen and oxygen atoms in total. The molecule has 0 aliphatic rings. The van der Waals surface area contributed by atoms with Gasteiger partial charge in [0.25, 0.3) is 0 Å². The van der Waals surface area contributed by atoms with Gasteiger partial charge in [-0.25, -0.2) is 0 Å². The molecule has 1 aromatic carbocycles. The number of aryl methyl sites for hydroxylation is 2. The van der Waals surface area contributed by atoms with Crippen LogP contribution in [0.1, 0.15) is 17.0 Å². The topological polar surface area (TPSA) is 73.9 Å². The summed E-state index contributed by atoms with van der Waals surface area (Å²) in [7, 11) is 0. The number of halogens is 1. The third-order valence-corrected chi connectivity index (χ3v) is 3.01. The molecule has 6 heteroatoms. The predicted octanol–water partition coefficient (Wildman–Crippen LogP) is 2.50. The van der Waals surface area contributed by atoms with Gasteiger partial charge in [-0.05, 0) is 32.0 Å². The fourth-order valence-corrected chi connectivity index (χ4v) is 1.79. The normalized spacial score (nSPS) is 10.4. The summed E-state index contributed by atoms with van der Waals surface area (Å²) in [5.41, 5.74) is 8.14. The summed E-state index contributed by atoms with van der Waals surface area (Å²) in [4.78, 5) is 4.22. The van der Waals surface area contributed by atoms with E-state index in [2.05, 4.69) is 31.1 Å². The van der Waals surface area contributed by atoms with Gasteiger partial charge in [-0.3, -0.25) is 0 Å². The lowest BCUT2D eigenvalue weighted by Crippen LogP contribution is -2.03. The van der Waals surface area contributed by atoms with Crippen molar-refractivity contribution in [3.05, 3.63) is 39.6 Å². The van der Waals surface area contributed by atoms with Gasteiger partial charge in [0, 0.05) is 16.6 Å². The summed E-state index contributed by atoms with van der Waals surface area (Å²) in [5.74, 6) is 0.644. The summed E-state index contributed by atoms with van der Waals surface area (Å²) in [5, 5.41) is 7.87. The highest BCUT2D eigenvalue weighted by molar-refractivity contribution is 9.10. The van der Waals surface area contributed by atoms with Gasteiger partial charge >= 0.3 is 6.01 Å². The molecule has 0 saturated carbocycles. The van der Waals surface area contributed by atoms with E-state index in [0.29, 0.717) is 12.3 Å². The van der Waals surface area contributed by atoms with E-state index in [1.807, 2.05) is 32.0 Å². The summed E-state index contributed by atoms with van der Waals surface area (Å²) in [6.45, 7) is 4.10. The first-order valence-corrected chi connectivity index (χ1v) is 6.23. The van der Waals surface area contributed by atoms with E-state index in [-0.39, 0.29) is 6.01 Å². The van der Waals surface area contributed by atoms with E-state index in [4.69, 9.17) is 10.5 Å². The minimum absolute atomic E-state index is 0.232. The predicted molar refractivity (Wildman–Crippen MR) is 71.4 cm³/mol. The number of rotatable bonds is 3. The van der Waals surface area contributed by atoms with Gasteiger partial charge < -0.3 is 10.5 Å². The monoisotopic (exact) mass is 308 g/mol. The van der Waals surface area contributed by atoms with Crippen molar-refractivity contribution in [2.24, 2.45) is 5.73 Å². The molecule has 2 rings (SSSR count). The van der Waals surface area contributed by atoms with Crippen molar-refractivity contribution in [3.63, 3.8) is 0 Å². The van der Waals surface area contributed by atoms with Crippen LogP contribution >= 0.6 is 15.9 Å². The first-order chi connectivity index (χ1) is 8.60. The molecule has 0 atom stereocenters. The molecular formula is C12H13BrN4O. The Morgan fingerprint density at radius 1 is 1.22 bits per heavy atom. The van der Waals surface area contributed by atoms with Crippen LogP contribution in [0.4, 0.5) is 0 Å². The Hall–Kier alpha value is -1.53. The number of aromatic nitrogens is 3. The smallest absolute Gasteiger partial charge is 0.341 e. The Morgan fingerprint density at radius 3 is 2.67 bits per heavy atom. The zero-order valence-electron chi connectivity index (χ0n) is 10.1. The Morgan fingerprint density at radius 2 is 2.00 bits per heavy atom. The molecular weight excluding hydrogens is 296 g/mol. The van der Waals surface area contributed by atoms with Crippen molar-refractivity contribution in [2.75, 3.05) is 0 Å². The molecule has 0 saturated heterocycles. The minimum Gasteiger partial charge on any atom is -0.423 e. The zero-order valence-corrected chi connectivity index (χ0v) is 11.7. The van der Waals surface area contributed by atoms with Gasteiger partial charge in [0.1, 0.15) is 5.75 Å². The number of ether oxygens (including phenoxy) is 1. The Kier molecular flexibility index (Phi) is 3.88. The number of nitrogens with two attached hydrogens (primary N) is 1. The zero-order chi connectivity index (χ0) is 13.1. The standard InChI is InChI=1S/C12H13BrN4O/c1-7-8(2)16-17-12(15-7)18-11-4-3-10(13)5-9(11)6-14/h3-5H,6,14H2,1-2H3. The number of hydrogen-bond donors (Lipinski definition) is 1. The largest absolute Gasteiger partial charge is 0.423 e. The van der Waals surface area contributed by atoms with Crippen LogP contribution in [-0.4, -0.2) is 15.2 Å². The molecule has 2 aromatic rings. The summed E-state index contributed by atoms with van der Waals surface area (Å²) in [6, 6.07) is 5.84. The first-order valence-electron chi connectivity index (χ1n) is 5.44. The molecule has 18 heavy (non-hydrogen) atoms. The van der Waals surface area contributed by atoms with Crippen LogP contribution in [-0.2, 0) is 6.54 Å². The summed E-state index contributed by atoms with van der Waals surface area (Å²) < 4.78 is 6.56.